The Morgan fingerprint density at radius 3 is 1.66 bits per heavy atom. The van der Waals surface area contributed by atoms with Gasteiger partial charge < -0.3 is 5.73 Å². The first kappa shape index (κ1) is 19.0. The Labute approximate surface area is 173 Å². The molecule has 0 unspecified atom stereocenters. The van der Waals surface area contributed by atoms with Crippen LogP contribution in [0.3, 0.4) is 0 Å². The molecule has 0 aliphatic carbocycles. The quantitative estimate of drug-likeness (QED) is 0.367. The fourth-order valence-corrected chi connectivity index (χ4v) is 3.85. The molecule has 0 bridgehead atoms. The molecule has 2 N–H and O–H groups in total. The molecule has 0 aliphatic rings. The second kappa shape index (κ2) is 7.60. The van der Waals surface area contributed by atoms with Crippen LogP contribution >= 0.6 is 0 Å². The van der Waals surface area contributed by atoms with Crippen LogP contribution in [-0.4, -0.2) is 0 Å². The minimum atomic E-state index is 0.829. The maximum atomic E-state index is 6.84. The van der Waals surface area contributed by atoms with Crippen molar-refractivity contribution >= 4 is 5.69 Å². The van der Waals surface area contributed by atoms with Crippen LogP contribution < -0.4 is 5.73 Å². The molecular weight excluding hydrogens is 350 g/mol. The molecule has 0 radical (unpaired) electrons. The monoisotopic (exact) mass is 377 g/mol. The van der Waals surface area contributed by atoms with Crippen LogP contribution in [0.1, 0.15) is 22.3 Å². The molecule has 0 amide bonds. The standard InChI is InChI=1S/C28H27N/c1-18-10-12-23(16-20(18)3)25-14-15-26(22-8-6-5-7-9-22)28(29)27(25)24-13-11-19(2)21(4)17-24/h5-17H,29H2,1-4H3. The second-order valence-electron chi connectivity index (χ2n) is 7.91. The lowest BCUT2D eigenvalue weighted by Crippen LogP contribution is -1.98. The van der Waals surface area contributed by atoms with Gasteiger partial charge in [-0.3, -0.25) is 0 Å². The first-order chi connectivity index (χ1) is 14.0. The summed E-state index contributed by atoms with van der Waals surface area (Å²) in [5.74, 6) is 0. The van der Waals surface area contributed by atoms with Gasteiger partial charge in [0.1, 0.15) is 0 Å². The van der Waals surface area contributed by atoms with Crippen LogP contribution in [0.2, 0.25) is 0 Å². The van der Waals surface area contributed by atoms with Crippen LogP contribution in [-0.2, 0) is 0 Å². The number of hydrogen-bond acceptors (Lipinski definition) is 1. The Kier molecular flexibility index (Phi) is 4.98. The predicted octanol–water partition coefficient (Wildman–Crippen LogP) is 7.50. The highest BCUT2D eigenvalue weighted by Gasteiger charge is 2.16. The number of anilines is 1. The van der Waals surface area contributed by atoms with Crippen molar-refractivity contribution in [1.82, 2.24) is 0 Å². The first-order valence-corrected chi connectivity index (χ1v) is 10.1. The Hall–Kier alpha value is -3.32. The Bertz CT molecular complexity index is 1190. The average molecular weight is 378 g/mol. The minimum absolute atomic E-state index is 0.829. The van der Waals surface area contributed by atoms with Gasteiger partial charge in [0, 0.05) is 16.8 Å². The summed E-state index contributed by atoms with van der Waals surface area (Å²) >= 11 is 0. The SMILES string of the molecule is Cc1ccc(-c2ccc(-c3ccccc3)c(N)c2-c2ccc(C)c(C)c2)cc1C. The highest BCUT2D eigenvalue weighted by Crippen LogP contribution is 2.42. The fraction of sp³-hybridized carbons (Fsp3) is 0.143. The number of nitrogen functional groups attached to an aromatic ring is 1. The maximum absolute atomic E-state index is 6.84. The smallest absolute Gasteiger partial charge is 0.0479 e. The van der Waals surface area contributed by atoms with Gasteiger partial charge in [0.05, 0.1) is 0 Å². The fourth-order valence-electron chi connectivity index (χ4n) is 3.85. The molecular formula is C28H27N. The zero-order valence-electron chi connectivity index (χ0n) is 17.6. The molecule has 0 fully saturated rings. The van der Waals surface area contributed by atoms with Crippen LogP contribution in [0.4, 0.5) is 5.69 Å². The van der Waals surface area contributed by atoms with E-state index in [2.05, 4.69) is 100 Å². The molecule has 0 aliphatic heterocycles. The van der Waals surface area contributed by atoms with Crippen molar-refractivity contribution in [1.29, 1.82) is 0 Å². The maximum Gasteiger partial charge on any atom is 0.0479 e. The summed E-state index contributed by atoms with van der Waals surface area (Å²) in [5, 5.41) is 0. The minimum Gasteiger partial charge on any atom is -0.398 e. The lowest BCUT2D eigenvalue weighted by atomic mass is 9.87. The number of hydrogen-bond donors (Lipinski definition) is 1. The van der Waals surface area contributed by atoms with E-state index in [1.807, 2.05) is 6.07 Å². The van der Waals surface area contributed by atoms with E-state index >= 15 is 0 Å². The van der Waals surface area contributed by atoms with Crippen molar-refractivity contribution in [2.45, 2.75) is 27.7 Å². The van der Waals surface area contributed by atoms with E-state index in [1.54, 1.807) is 0 Å². The molecule has 4 rings (SSSR count). The largest absolute Gasteiger partial charge is 0.398 e. The molecule has 29 heavy (non-hydrogen) atoms. The van der Waals surface area contributed by atoms with Gasteiger partial charge in [-0.2, -0.15) is 0 Å². The Morgan fingerprint density at radius 2 is 1.03 bits per heavy atom. The Morgan fingerprint density at radius 1 is 0.483 bits per heavy atom. The highest BCUT2D eigenvalue weighted by molar-refractivity contribution is 5.98. The number of nitrogens with two attached hydrogens (primary N) is 1. The van der Waals surface area contributed by atoms with Crippen molar-refractivity contribution in [3.63, 3.8) is 0 Å². The summed E-state index contributed by atoms with van der Waals surface area (Å²) in [6, 6.07) is 28.0. The van der Waals surface area contributed by atoms with Crippen molar-refractivity contribution < 1.29 is 0 Å². The van der Waals surface area contributed by atoms with Gasteiger partial charge in [-0.15, -0.1) is 0 Å². The first-order valence-electron chi connectivity index (χ1n) is 10.1. The van der Waals surface area contributed by atoms with Gasteiger partial charge >= 0.3 is 0 Å². The third-order valence-corrected chi connectivity index (χ3v) is 5.94. The van der Waals surface area contributed by atoms with Crippen molar-refractivity contribution in [2.75, 3.05) is 5.73 Å². The predicted molar refractivity (Wildman–Crippen MR) is 126 cm³/mol. The summed E-state index contributed by atoms with van der Waals surface area (Å²) in [4.78, 5) is 0. The topological polar surface area (TPSA) is 26.0 Å². The summed E-state index contributed by atoms with van der Waals surface area (Å²) < 4.78 is 0. The van der Waals surface area contributed by atoms with E-state index in [4.69, 9.17) is 5.73 Å². The molecule has 4 aromatic carbocycles. The number of rotatable bonds is 3. The van der Waals surface area contributed by atoms with Crippen molar-refractivity contribution in [2.24, 2.45) is 0 Å². The van der Waals surface area contributed by atoms with E-state index in [0.29, 0.717) is 0 Å². The molecule has 1 heteroatoms. The lowest BCUT2D eigenvalue weighted by Gasteiger charge is -2.18. The van der Waals surface area contributed by atoms with E-state index in [1.165, 1.54) is 33.4 Å². The lowest BCUT2D eigenvalue weighted by molar-refractivity contribution is 1.33. The highest BCUT2D eigenvalue weighted by atomic mass is 14.6. The van der Waals surface area contributed by atoms with E-state index in [9.17, 15) is 0 Å². The van der Waals surface area contributed by atoms with Gasteiger partial charge in [-0.1, -0.05) is 78.9 Å². The van der Waals surface area contributed by atoms with Gasteiger partial charge in [-0.05, 0) is 72.2 Å². The van der Waals surface area contributed by atoms with E-state index in [-0.39, 0.29) is 0 Å². The number of benzene rings is 4. The van der Waals surface area contributed by atoms with Crippen LogP contribution in [0.15, 0.2) is 78.9 Å². The van der Waals surface area contributed by atoms with Crippen LogP contribution in [0.25, 0.3) is 33.4 Å². The number of aryl methyl sites for hydroxylation is 4. The van der Waals surface area contributed by atoms with Gasteiger partial charge in [0.2, 0.25) is 0 Å². The van der Waals surface area contributed by atoms with Gasteiger partial charge in [-0.25, -0.2) is 0 Å². The van der Waals surface area contributed by atoms with Crippen molar-refractivity contribution in [3.05, 3.63) is 101 Å². The molecule has 0 saturated heterocycles. The summed E-state index contributed by atoms with van der Waals surface area (Å²) in [6.07, 6.45) is 0. The molecule has 0 spiro atoms. The second-order valence-corrected chi connectivity index (χ2v) is 7.91. The van der Waals surface area contributed by atoms with Crippen molar-refractivity contribution in [3.8, 4) is 33.4 Å². The van der Waals surface area contributed by atoms with E-state index < -0.39 is 0 Å². The summed E-state index contributed by atoms with van der Waals surface area (Å²) in [6.45, 7) is 8.62. The van der Waals surface area contributed by atoms with Gasteiger partial charge in [0.15, 0.2) is 0 Å². The zero-order valence-corrected chi connectivity index (χ0v) is 17.6. The van der Waals surface area contributed by atoms with E-state index in [0.717, 1.165) is 27.9 Å². The molecule has 0 atom stereocenters. The molecule has 1 nitrogen and oxygen atoms in total. The molecule has 144 valence electrons. The van der Waals surface area contributed by atoms with Crippen LogP contribution in [0, 0.1) is 27.7 Å². The Balaban J connectivity index is 2.01. The third-order valence-electron chi connectivity index (χ3n) is 5.94. The average Bonchev–Trinajstić information content (AvgIpc) is 2.72. The molecule has 0 aromatic heterocycles. The van der Waals surface area contributed by atoms with Crippen LogP contribution in [0.5, 0.6) is 0 Å². The van der Waals surface area contributed by atoms with Gasteiger partial charge in [0.25, 0.3) is 0 Å². The third kappa shape index (κ3) is 3.56. The molecule has 4 aromatic rings. The molecule has 0 heterocycles. The normalized spacial score (nSPS) is 10.9. The zero-order chi connectivity index (χ0) is 20.5. The summed E-state index contributed by atoms with van der Waals surface area (Å²) in [7, 11) is 0. The molecule has 0 saturated carbocycles. The summed E-state index contributed by atoms with van der Waals surface area (Å²) in [5.41, 5.74) is 19.7.